The first-order chi connectivity index (χ1) is 8.22. The van der Waals surface area contributed by atoms with Gasteiger partial charge in [0.15, 0.2) is 0 Å². The molecule has 0 N–H and O–H groups in total. The maximum Gasteiger partial charge on any atom is 0.119 e. The molecule has 0 aliphatic rings. The molecule has 0 saturated heterocycles. The van der Waals surface area contributed by atoms with Crippen molar-refractivity contribution in [3.63, 3.8) is 0 Å². The quantitative estimate of drug-likeness (QED) is 0.424. The van der Waals surface area contributed by atoms with Crippen molar-refractivity contribution in [2.24, 2.45) is 0 Å². The number of terminal acetylenes is 1. The van der Waals surface area contributed by atoms with Gasteiger partial charge in [-0.3, -0.25) is 0 Å². The third-order valence-corrected chi connectivity index (χ3v) is 2.12. The molecular weight excluding hydrogens is 212 g/mol. The van der Waals surface area contributed by atoms with Crippen molar-refractivity contribution in [3.05, 3.63) is 41.5 Å². The third-order valence-electron chi connectivity index (χ3n) is 2.12. The van der Waals surface area contributed by atoms with Crippen molar-refractivity contribution < 1.29 is 9.47 Å². The molecule has 90 valence electrons. The summed E-state index contributed by atoms with van der Waals surface area (Å²) in [7, 11) is 0. The van der Waals surface area contributed by atoms with Crippen LogP contribution in [0.25, 0.3) is 0 Å². The normalized spacial score (nSPS) is 9.47. The fraction of sp³-hybridized carbons (Fsp3) is 0.333. The fourth-order valence-corrected chi connectivity index (χ4v) is 1.21. The van der Waals surface area contributed by atoms with Gasteiger partial charge in [0.25, 0.3) is 0 Å². The lowest BCUT2D eigenvalue weighted by Gasteiger charge is -2.05. The molecule has 0 aliphatic heterocycles. The van der Waals surface area contributed by atoms with E-state index < -0.39 is 0 Å². The predicted octanol–water partition coefficient (Wildman–Crippen LogP) is 3.18. The first-order valence-electron chi connectivity index (χ1n) is 5.58. The first kappa shape index (κ1) is 13.3. The Morgan fingerprint density at radius 3 is 2.59 bits per heavy atom. The van der Waals surface area contributed by atoms with Gasteiger partial charge in [0.1, 0.15) is 19.0 Å². The van der Waals surface area contributed by atoms with E-state index in [2.05, 4.69) is 19.8 Å². The summed E-state index contributed by atoms with van der Waals surface area (Å²) in [4.78, 5) is 0. The third kappa shape index (κ3) is 5.79. The number of hydrogen-bond donors (Lipinski definition) is 0. The zero-order valence-electron chi connectivity index (χ0n) is 10.4. The lowest BCUT2D eigenvalue weighted by Crippen LogP contribution is -1.96. The molecule has 0 radical (unpaired) electrons. The van der Waals surface area contributed by atoms with E-state index in [0.717, 1.165) is 11.3 Å². The van der Waals surface area contributed by atoms with Crippen LogP contribution in [-0.2, 0) is 11.3 Å². The lowest BCUT2D eigenvalue weighted by molar-refractivity contribution is 0.153. The molecule has 2 heteroatoms. The Bertz CT molecular complexity index is 392. The highest BCUT2D eigenvalue weighted by atomic mass is 16.5. The average Bonchev–Trinajstić information content (AvgIpc) is 2.31. The van der Waals surface area contributed by atoms with Gasteiger partial charge < -0.3 is 9.47 Å². The lowest BCUT2D eigenvalue weighted by atomic mass is 10.2. The van der Waals surface area contributed by atoms with Crippen LogP contribution in [0.15, 0.2) is 35.9 Å². The highest BCUT2D eigenvalue weighted by Gasteiger charge is 1.95. The molecule has 0 aromatic heterocycles. The molecule has 0 unspecified atom stereocenters. The monoisotopic (exact) mass is 230 g/mol. The zero-order valence-corrected chi connectivity index (χ0v) is 10.4. The van der Waals surface area contributed by atoms with Gasteiger partial charge in [-0.2, -0.15) is 0 Å². The molecule has 0 heterocycles. The van der Waals surface area contributed by atoms with Gasteiger partial charge >= 0.3 is 0 Å². The largest absolute Gasteiger partial charge is 0.490 e. The Hall–Kier alpha value is -1.72. The summed E-state index contributed by atoms with van der Waals surface area (Å²) >= 11 is 0. The van der Waals surface area contributed by atoms with E-state index in [1.54, 1.807) is 0 Å². The highest BCUT2D eigenvalue weighted by Crippen LogP contribution is 2.13. The van der Waals surface area contributed by atoms with Crippen LogP contribution < -0.4 is 4.74 Å². The smallest absolute Gasteiger partial charge is 0.119 e. The molecule has 0 atom stereocenters. The van der Waals surface area contributed by atoms with Gasteiger partial charge in [-0.1, -0.05) is 23.6 Å². The van der Waals surface area contributed by atoms with Crippen LogP contribution in [-0.4, -0.2) is 13.2 Å². The summed E-state index contributed by atoms with van der Waals surface area (Å²) < 4.78 is 10.8. The Morgan fingerprint density at radius 1 is 1.29 bits per heavy atom. The summed E-state index contributed by atoms with van der Waals surface area (Å²) in [5.41, 5.74) is 2.35. The number of rotatable bonds is 6. The number of allylic oxidation sites excluding steroid dienone is 1. The number of ether oxygens (including phenoxy) is 2. The molecule has 1 rings (SSSR count). The van der Waals surface area contributed by atoms with Gasteiger partial charge in [-0.15, -0.1) is 6.42 Å². The van der Waals surface area contributed by atoms with Crippen molar-refractivity contribution in [2.45, 2.75) is 20.5 Å². The summed E-state index contributed by atoms with van der Waals surface area (Å²) in [6.07, 6.45) is 7.14. The Morgan fingerprint density at radius 2 is 2.00 bits per heavy atom. The molecule has 0 spiro atoms. The van der Waals surface area contributed by atoms with Gasteiger partial charge in [-0.25, -0.2) is 0 Å². The number of benzene rings is 1. The second-order valence-corrected chi connectivity index (χ2v) is 3.93. The standard InChI is InChI=1S/C15H18O2/c1-4-10-16-12-14-5-7-15(8-6-14)17-11-9-13(2)3/h1,5-9H,10-12H2,2-3H3. The molecule has 17 heavy (non-hydrogen) atoms. The van der Waals surface area contributed by atoms with Gasteiger partial charge in [0.2, 0.25) is 0 Å². The van der Waals surface area contributed by atoms with E-state index in [-0.39, 0.29) is 0 Å². The van der Waals surface area contributed by atoms with Crippen molar-refractivity contribution >= 4 is 0 Å². The minimum atomic E-state index is 0.346. The molecular formula is C15H18O2. The SMILES string of the molecule is C#CCOCc1ccc(OCC=C(C)C)cc1. The van der Waals surface area contributed by atoms with Crippen LogP contribution in [0.4, 0.5) is 0 Å². The molecule has 0 amide bonds. The Kier molecular flexibility index (Phi) is 5.92. The molecule has 0 aliphatic carbocycles. The summed E-state index contributed by atoms with van der Waals surface area (Å²) in [6.45, 7) is 5.59. The zero-order chi connectivity index (χ0) is 12.5. The molecule has 1 aromatic carbocycles. The van der Waals surface area contributed by atoms with Gasteiger partial charge in [0, 0.05) is 0 Å². The maximum absolute atomic E-state index is 5.55. The van der Waals surface area contributed by atoms with Crippen LogP contribution >= 0.6 is 0 Å². The maximum atomic E-state index is 5.55. The van der Waals surface area contributed by atoms with Crippen molar-refractivity contribution in [1.82, 2.24) is 0 Å². The van der Waals surface area contributed by atoms with Crippen LogP contribution in [0, 0.1) is 12.3 Å². The topological polar surface area (TPSA) is 18.5 Å². The van der Waals surface area contributed by atoms with Crippen LogP contribution in [0.5, 0.6) is 5.75 Å². The van der Waals surface area contributed by atoms with Gasteiger partial charge in [0.05, 0.1) is 6.61 Å². The predicted molar refractivity (Wildman–Crippen MR) is 69.9 cm³/mol. The Balaban J connectivity index is 2.40. The molecule has 0 fully saturated rings. The molecule has 1 aromatic rings. The van der Waals surface area contributed by atoms with Crippen molar-refractivity contribution in [3.8, 4) is 18.1 Å². The summed E-state index contributed by atoms with van der Waals surface area (Å²) in [5.74, 6) is 3.30. The molecule has 0 bridgehead atoms. The number of hydrogen-bond acceptors (Lipinski definition) is 2. The van der Waals surface area contributed by atoms with Crippen LogP contribution in [0.2, 0.25) is 0 Å². The molecule has 0 saturated carbocycles. The van der Waals surface area contributed by atoms with E-state index >= 15 is 0 Å². The van der Waals surface area contributed by atoms with E-state index in [0.29, 0.717) is 19.8 Å². The minimum absolute atomic E-state index is 0.346. The van der Waals surface area contributed by atoms with Gasteiger partial charge in [-0.05, 0) is 37.6 Å². The molecule has 2 nitrogen and oxygen atoms in total. The summed E-state index contributed by atoms with van der Waals surface area (Å²) in [5, 5.41) is 0. The van der Waals surface area contributed by atoms with E-state index in [1.807, 2.05) is 30.3 Å². The minimum Gasteiger partial charge on any atom is -0.490 e. The Labute approximate surface area is 103 Å². The summed E-state index contributed by atoms with van der Waals surface area (Å²) in [6, 6.07) is 7.84. The average molecular weight is 230 g/mol. The fourth-order valence-electron chi connectivity index (χ4n) is 1.21. The second-order valence-electron chi connectivity index (χ2n) is 3.93. The van der Waals surface area contributed by atoms with E-state index in [1.165, 1.54) is 5.57 Å². The second kappa shape index (κ2) is 7.54. The van der Waals surface area contributed by atoms with E-state index in [4.69, 9.17) is 15.9 Å². The first-order valence-corrected chi connectivity index (χ1v) is 5.58. The van der Waals surface area contributed by atoms with Crippen molar-refractivity contribution in [1.29, 1.82) is 0 Å². The van der Waals surface area contributed by atoms with Crippen LogP contribution in [0.1, 0.15) is 19.4 Å². The van der Waals surface area contributed by atoms with E-state index in [9.17, 15) is 0 Å². The van der Waals surface area contributed by atoms with Crippen LogP contribution in [0.3, 0.4) is 0 Å². The van der Waals surface area contributed by atoms with Crippen molar-refractivity contribution in [2.75, 3.05) is 13.2 Å². The highest BCUT2D eigenvalue weighted by molar-refractivity contribution is 5.27.